The van der Waals surface area contributed by atoms with Gasteiger partial charge in [0.25, 0.3) is 0 Å². The fraction of sp³-hybridized carbons (Fsp3) is 0.417. The van der Waals surface area contributed by atoms with Gasteiger partial charge in [-0.3, -0.25) is 0 Å². The fourth-order valence-electron chi connectivity index (χ4n) is 1.82. The Morgan fingerprint density at radius 3 is 3.00 bits per heavy atom. The Bertz CT molecular complexity index is 505. The quantitative estimate of drug-likeness (QED) is 0.885. The van der Waals surface area contributed by atoms with Crippen LogP contribution >= 0.6 is 11.3 Å². The van der Waals surface area contributed by atoms with E-state index in [1.54, 1.807) is 18.4 Å². The molecule has 3 nitrogen and oxygen atoms in total. The number of benzene rings is 1. The van der Waals surface area contributed by atoms with Crippen LogP contribution in [0.4, 0.5) is 5.13 Å². The predicted molar refractivity (Wildman–Crippen MR) is 67.4 cm³/mol. The molecule has 0 saturated heterocycles. The van der Waals surface area contributed by atoms with Gasteiger partial charge in [-0.1, -0.05) is 11.3 Å². The van der Waals surface area contributed by atoms with Gasteiger partial charge in [-0.15, -0.1) is 0 Å². The zero-order chi connectivity index (χ0) is 11.0. The fourth-order valence-corrected chi connectivity index (χ4v) is 2.79. The number of hydrogen-bond acceptors (Lipinski definition) is 4. The number of hydrogen-bond donors (Lipinski definition) is 1. The molecule has 1 aromatic heterocycles. The topological polar surface area (TPSA) is 34.1 Å². The first-order valence-corrected chi connectivity index (χ1v) is 6.38. The van der Waals surface area contributed by atoms with Crippen molar-refractivity contribution in [2.24, 2.45) is 0 Å². The molecule has 0 spiro atoms. The first-order valence-electron chi connectivity index (χ1n) is 5.56. The summed E-state index contributed by atoms with van der Waals surface area (Å²) >= 11 is 1.70. The summed E-state index contributed by atoms with van der Waals surface area (Å²) in [6, 6.07) is 6.65. The lowest BCUT2D eigenvalue weighted by Crippen LogP contribution is -2.26. The summed E-state index contributed by atoms with van der Waals surface area (Å²) in [5, 5.41) is 4.51. The van der Waals surface area contributed by atoms with E-state index >= 15 is 0 Å². The summed E-state index contributed by atoms with van der Waals surface area (Å²) in [5.41, 5.74) is 1.05. The highest BCUT2D eigenvalue weighted by atomic mass is 32.1. The Morgan fingerprint density at radius 2 is 2.31 bits per heavy atom. The van der Waals surface area contributed by atoms with E-state index in [2.05, 4.69) is 10.3 Å². The van der Waals surface area contributed by atoms with Crippen molar-refractivity contribution in [1.82, 2.24) is 4.98 Å². The standard InChI is InChI=1S/C12H14N2OS/c1-15-9-5-6-10-11(7-9)16-12(14-10)13-8-3-2-4-8/h5-8H,2-4H2,1H3,(H,13,14). The van der Waals surface area contributed by atoms with Crippen molar-refractivity contribution in [3.05, 3.63) is 18.2 Å². The minimum Gasteiger partial charge on any atom is -0.497 e. The lowest BCUT2D eigenvalue weighted by molar-refractivity contribution is 0.415. The molecule has 0 unspecified atom stereocenters. The molecule has 0 atom stereocenters. The Labute approximate surface area is 98.5 Å². The summed E-state index contributed by atoms with van der Waals surface area (Å²) in [6.45, 7) is 0. The maximum Gasteiger partial charge on any atom is 0.184 e. The maximum absolute atomic E-state index is 5.20. The van der Waals surface area contributed by atoms with E-state index in [0.717, 1.165) is 16.4 Å². The Morgan fingerprint density at radius 1 is 1.44 bits per heavy atom. The molecule has 84 valence electrons. The lowest BCUT2D eigenvalue weighted by Gasteiger charge is -2.25. The molecule has 1 N–H and O–H groups in total. The summed E-state index contributed by atoms with van der Waals surface area (Å²) in [6.07, 6.45) is 3.90. The van der Waals surface area contributed by atoms with Gasteiger partial charge in [0.05, 0.1) is 17.3 Å². The number of nitrogens with zero attached hydrogens (tertiary/aromatic N) is 1. The van der Waals surface area contributed by atoms with Crippen LogP contribution in [0.3, 0.4) is 0 Å². The minimum atomic E-state index is 0.641. The summed E-state index contributed by atoms with van der Waals surface area (Å²) < 4.78 is 6.39. The molecule has 0 amide bonds. The molecule has 1 fully saturated rings. The van der Waals surface area contributed by atoms with E-state index in [9.17, 15) is 0 Å². The number of fused-ring (bicyclic) bond motifs is 1. The Kier molecular flexibility index (Phi) is 2.44. The second kappa shape index (κ2) is 3.94. The molecule has 0 aliphatic heterocycles. The molecule has 16 heavy (non-hydrogen) atoms. The van der Waals surface area contributed by atoms with Gasteiger partial charge in [0.1, 0.15) is 5.75 Å². The van der Waals surface area contributed by atoms with E-state index in [1.165, 1.54) is 24.0 Å². The molecule has 0 bridgehead atoms. The summed E-state index contributed by atoms with van der Waals surface area (Å²) in [4.78, 5) is 4.56. The van der Waals surface area contributed by atoms with Gasteiger partial charge in [0, 0.05) is 6.04 Å². The summed E-state index contributed by atoms with van der Waals surface area (Å²) in [7, 11) is 1.69. The molecule has 1 aliphatic carbocycles. The lowest BCUT2D eigenvalue weighted by atomic mass is 9.93. The first kappa shape index (κ1) is 9.90. The van der Waals surface area contributed by atoms with E-state index in [1.807, 2.05) is 18.2 Å². The predicted octanol–water partition coefficient (Wildman–Crippen LogP) is 3.27. The molecule has 2 aromatic rings. The highest BCUT2D eigenvalue weighted by molar-refractivity contribution is 7.22. The molecule has 4 heteroatoms. The van der Waals surface area contributed by atoms with Crippen LogP contribution in [-0.4, -0.2) is 18.1 Å². The van der Waals surface area contributed by atoms with E-state index in [-0.39, 0.29) is 0 Å². The molecular weight excluding hydrogens is 220 g/mol. The zero-order valence-corrected chi connectivity index (χ0v) is 10.0. The second-order valence-corrected chi connectivity index (χ2v) is 5.16. The zero-order valence-electron chi connectivity index (χ0n) is 9.19. The van der Waals surface area contributed by atoms with Gasteiger partial charge in [-0.25, -0.2) is 4.98 Å². The van der Waals surface area contributed by atoms with Crippen molar-refractivity contribution in [1.29, 1.82) is 0 Å². The van der Waals surface area contributed by atoms with Gasteiger partial charge in [-0.2, -0.15) is 0 Å². The van der Waals surface area contributed by atoms with E-state index in [4.69, 9.17) is 4.74 Å². The third-order valence-electron chi connectivity index (χ3n) is 3.03. The molecule has 1 saturated carbocycles. The average molecular weight is 234 g/mol. The number of thiazole rings is 1. The van der Waals surface area contributed by atoms with Crippen molar-refractivity contribution < 1.29 is 4.74 Å². The van der Waals surface area contributed by atoms with Crippen molar-refractivity contribution in [2.45, 2.75) is 25.3 Å². The highest BCUT2D eigenvalue weighted by Crippen LogP contribution is 2.31. The van der Waals surface area contributed by atoms with Crippen LogP contribution in [0.15, 0.2) is 18.2 Å². The van der Waals surface area contributed by atoms with Crippen molar-refractivity contribution in [3.63, 3.8) is 0 Å². The third kappa shape index (κ3) is 1.73. The van der Waals surface area contributed by atoms with Gasteiger partial charge in [0.15, 0.2) is 5.13 Å². The van der Waals surface area contributed by atoms with Crippen molar-refractivity contribution in [3.8, 4) is 5.75 Å². The highest BCUT2D eigenvalue weighted by Gasteiger charge is 2.18. The molecule has 0 radical (unpaired) electrons. The summed E-state index contributed by atoms with van der Waals surface area (Å²) in [5.74, 6) is 0.895. The monoisotopic (exact) mass is 234 g/mol. The smallest absolute Gasteiger partial charge is 0.184 e. The SMILES string of the molecule is COc1ccc2nc(NC3CCC3)sc2c1. The van der Waals surface area contributed by atoms with Gasteiger partial charge in [0.2, 0.25) is 0 Å². The number of rotatable bonds is 3. The Balaban J connectivity index is 1.89. The van der Waals surface area contributed by atoms with Crippen LogP contribution in [0.2, 0.25) is 0 Å². The van der Waals surface area contributed by atoms with Gasteiger partial charge in [-0.05, 0) is 37.5 Å². The van der Waals surface area contributed by atoms with Crippen LogP contribution in [0.25, 0.3) is 10.2 Å². The van der Waals surface area contributed by atoms with E-state index < -0.39 is 0 Å². The van der Waals surface area contributed by atoms with Crippen LogP contribution in [-0.2, 0) is 0 Å². The van der Waals surface area contributed by atoms with Gasteiger partial charge < -0.3 is 10.1 Å². The largest absolute Gasteiger partial charge is 0.497 e. The van der Waals surface area contributed by atoms with Crippen LogP contribution in [0.5, 0.6) is 5.75 Å². The molecule has 3 rings (SSSR count). The Hall–Kier alpha value is -1.29. The third-order valence-corrected chi connectivity index (χ3v) is 3.98. The minimum absolute atomic E-state index is 0.641. The normalized spacial score (nSPS) is 16.1. The van der Waals surface area contributed by atoms with Crippen molar-refractivity contribution in [2.75, 3.05) is 12.4 Å². The number of nitrogens with one attached hydrogen (secondary N) is 1. The molecule has 1 aromatic carbocycles. The number of methoxy groups -OCH3 is 1. The second-order valence-electron chi connectivity index (χ2n) is 4.12. The van der Waals surface area contributed by atoms with Crippen LogP contribution in [0.1, 0.15) is 19.3 Å². The average Bonchev–Trinajstić information content (AvgIpc) is 2.64. The molecule has 1 aliphatic rings. The number of anilines is 1. The molecular formula is C12H14N2OS. The maximum atomic E-state index is 5.20. The number of ether oxygens (including phenoxy) is 1. The van der Waals surface area contributed by atoms with E-state index in [0.29, 0.717) is 6.04 Å². The van der Waals surface area contributed by atoms with Crippen molar-refractivity contribution >= 4 is 26.7 Å². The van der Waals surface area contributed by atoms with Crippen LogP contribution < -0.4 is 10.1 Å². The number of aromatic nitrogens is 1. The first-order chi connectivity index (χ1) is 7.85. The van der Waals surface area contributed by atoms with Crippen LogP contribution in [0, 0.1) is 0 Å². The van der Waals surface area contributed by atoms with Gasteiger partial charge >= 0.3 is 0 Å². The molecule has 1 heterocycles.